The molecule has 3 atom stereocenters. The number of aromatic nitrogens is 2. The summed E-state index contributed by atoms with van der Waals surface area (Å²) >= 11 is 0. The smallest absolute Gasteiger partial charge is 0.278 e. The van der Waals surface area contributed by atoms with E-state index in [2.05, 4.69) is 23.8 Å². The SMILES string of the molecule is CC[C@@H](C)CC(=O)C(C)c1ccc(O[C@@H]2CCN(c3ncnc(OCC(C)(F)F)c3F)C2)cc1. The minimum absolute atomic E-state index is 0.000452. The first-order valence-electron chi connectivity index (χ1n) is 11.6. The zero-order valence-corrected chi connectivity index (χ0v) is 20.1. The van der Waals surface area contributed by atoms with Crippen LogP contribution in [0.15, 0.2) is 30.6 Å². The minimum Gasteiger partial charge on any atom is -0.489 e. The first kappa shape index (κ1) is 25.8. The average Bonchev–Trinajstić information content (AvgIpc) is 3.25. The third kappa shape index (κ3) is 6.84. The van der Waals surface area contributed by atoms with Crippen molar-refractivity contribution in [3.05, 3.63) is 42.0 Å². The number of carbonyl (C=O) groups excluding carboxylic acids is 1. The van der Waals surface area contributed by atoms with Gasteiger partial charge in [0.05, 0.1) is 6.54 Å². The molecule has 1 saturated heterocycles. The van der Waals surface area contributed by atoms with Crippen LogP contribution in [-0.2, 0) is 4.79 Å². The summed E-state index contributed by atoms with van der Waals surface area (Å²) in [6.45, 7) is 6.67. The first-order chi connectivity index (χ1) is 16.1. The van der Waals surface area contributed by atoms with E-state index in [1.165, 1.54) is 0 Å². The predicted octanol–water partition coefficient (Wildman–Crippen LogP) is 5.42. The summed E-state index contributed by atoms with van der Waals surface area (Å²) in [5.74, 6) is -3.37. The summed E-state index contributed by atoms with van der Waals surface area (Å²) < 4.78 is 51.7. The average molecular weight is 480 g/mol. The van der Waals surface area contributed by atoms with Crippen molar-refractivity contribution in [2.24, 2.45) is 5.92 Å². The van der Waals surface area contributed by atoms with E-state index in [1.54, 1.807) is 4.90 Å². The van der Waals surface area contributed by atoms with E-state index in [-0.39, 0.29) is 23.6 Å². The zero-order valence-electron chi connectivity index (χ0n) is 20.1. The quantitative estimate of drug-likeness (QED) is 0.429. The van der Waals surface area contributed by atoms with E-state index in [9.17, 15) is 18.0 Å². The first-order valence-corrected chi connectivity index (χ1v) is 11.6. The zero-order chi connectivity index (χ0) is 24.9. The van der Waals surface area contributed by atoms with Crippen LogP contribution in [-0.4, -0.2) is 47.5 Å². The Balaban J connectivity index is 1.58. The van der Waals surface area contributed by atoms with E-state index in [0.717, 1.165) is 18.3 Å². The number of ketones is 1. The molecule has 0 N–H and O–H groups in total. The number of ether oxygens (including phenoxy) is 2. The van der Waals surface area contributed by atoms with Crippen molar-refractivity contribution >= 4 is 11.6 Å². The molecule has 2 heterocycles. The summed E-state index contributed by atoms with van der Waals surface area (Å²) in [6, 6.07) is 7.48. The Hall–Kier alpha value is -2.84. The van der Waals surface area contributed by atoms with Crippen LogP contribution in [0, 0.1) is 11.7 Å². The van der Waals surface area contributed by atoms with Gasteiger partial charge in [0.1, 0.15) is 24.0 Å². The standard InChI is InChI=1S/C25H32F3N3O3/c1-5-16(2)12-21(32)17(3)18-6-8-19(9-7-18)34-20-10-11-31(13-20)23-22(26)24(30-15-29-23)33-14-25(4,27)28/h6-9,15-17,20H,5,10-14H2,1-4H3/t16-,17?,20-/m1/s1. The van der Waals surface area contributed by atoms with E-state index in [1.807, 2.05) is 31.2 Å². The number of hydrogen-bond donors (Lipinski definition) is 0. The van der Waals surface area contributed by atoms with Gasteiger partial charge in [-0.25, -0.2) is 13.8 Å². The summed E-state index contributed by atoms with van der Waals surface area (Å²) in [7, 11) is 0. The van der Waals surface area contributed by atoms with Gasteiger partial charge in [0.15, 0.2) is 12.4 Å². The van der Waals surface area contributed by atoms with Crippen LogP contribution in [0.1, 0.15) is 58.4 Å². The van der Waals surface area contributed by atoms with Gasteiger partial charge in [-0.15, -0.1) is 0 Å². The van der Waals surface area contributed by atoms with E-state index in [0.29, 0.717) is 44.5 Å². The molecule has 1 aliphatic heterocycles. The van der Waals surface area contributed by atoms with Gasteiger partial charge < -0.3 is 14.4 Å². The lowest BCUT2D eigenvalue weighted by Crippen LogP contribution is -2.27. The van der Waals surface area contributed by atoms with Crippen LogP contribution >= 0.6 is 0 Å². The van der Waals surface area contributed by atoms with Gasteiger partial charge in [0.2, 0.25) is 5.82 Å². The fourth-order valence-corrected chi connectivity index (χ4v) is 3.76. The third-order valence-corrected chi connectivity index (χ3v) is 6.06. The molecule has 0 bridgehead atoms. The molecule has 0 radical (unpaired) electrons. The molecule has 6 nitrogen and oxygen atoms in total. The van der Waals surface area contributed by atoms with Crippen LogP contribution in [0.3, 0.4) is 0 Å². The minimum atomic E-state index is -3.10. The van der Waals surface area contributed by atoms with E-state index < -0.39 is 24.2 Å². The van der Waals surface area contributed by atoms with Crippen LogP contribution in [0.4, 0.5) is 19.0 Å². The second kappa shape index (κ2) is 11.1. The molecule has 1 unspecified atom stereocenters. The molecule has 2 aromatic rings. The number of anilines is 1. The largest absolute Gasteiger partial charge is 0.489 e. The lowest BCUT2D eigenvalue weighted by Gasteiger charge is -2.20. The Kier molecular flexibility index (Phi) is 8.38. The van der Waals surface area contributed by atoms with Crippen LogP contribution < -0.4 is 14.4 Å². The van der Waals surface area contributed by atoms with E-state index >= 15 is 0 Å². The van der Waals surface area contributed by atoms with Gasteiger partial charge >= 0.3 is 0 Å². The maximum Gasteiger partial charge on any atom is 0.278 e. The number of Topliss-reactive ketones (excluding diaryl/α,β-unsaturated/α-hetero) is 1. The van der Waals surface area contributed by atoms with Gasteiger partial charge in [-0.2, -0.15) is 9.37 Å². The summed E-state index contributed by atoms with van der Waals surface area (Å²) in [5.41, 5.74) is 0.946. The Bertz CT molecular complexity index is 966. The molecule has 34 heavy (non-hydrogen) atoms. The number of halogens is 3. The lowest BCUT2D eigenvalue weighted by atomic mass is 9.90. The number of hydrogen-bond acceptors (Lipinski definition) is 6. The second-order valence-corrected chi connectivity index (χ2v) is 9.12. The number of alkyl halides is 2. The predicted molar refractivity (Wildman–Crippen MR) is 123 cm³/mol. The topological polar surface area (TPSA) is 64.5 Å². The monoisotopic (exact) mass is 479 g/mol. The van der Waals surface area contributed by atoms with Crippen molar-refractivity contribution in [2.75, 3.05) is 24.6 Å². The van der Waals surface area contributed by atoms with Gasteiger partial charge in [-0.3, -0.25) is 4.79 Å². The summed E-state index contributed by atoms with van der Waals surface area (Å²) in [5, 5.41) is 0. The highest BCUT2D eigenvalue weighted by Crippen LogP contribution is 2.29. The molecule has 0 spiro atoms. The molecular weight excluding hydrogens is 447 g/mol. The van der Waals surface area contributed by atoms with Crippen molar-refractivity contribution in [1.82, 2.24) is 9.97 Å². The molecule has 9 heteroatoms. The lowest BCUT2D eigenvalue weighted by molar-refractivity contribution is -0.121. The number of rotatable bonds is 11. The molecule has 1 aromatic carbocycles. The van der Waals surface area contributed by atoms with Crippen molar-refractivity contribution in [1.29, 1.82) is 0 Å². The van der Waals surface area contributed by atoms with Gasteiger partial charge in [-0.05, 0) is 23.6 Å². The highest BCUT2D eigenvalue weighted by Gasteiger charge is 2.30. The highest BCUT2D eigenvalue weighted by atomic mass is 19.3. The summed E-state index contributed by atoms with van der Waals surface area (Å²) in [4.78, 5) is 21.7. The molecular formula is C25H32F3N3O3. The van der Waals surface area contributed by atoms with Gasteiger partial charge in [0.25, 0.3) is 11.8 Å². The van der Waals surface area contributed by atoms with Gasteiger partial charge in [0, 0.05) is 32.2 Å². The van der Waals surface area contributed by atoms with Crippen LogP contribution in [0.5, 0.6) is 11.6 Å². The fraction of sp³-hybridized carbons (Fsp3) is 0.560. The van der Waals surface area contributed by atoms with E-state index in [4.69, 9.17) is 9.47 Å². The van der Waals surface area contributed by atoms with Crippen molar-refractivity contribution < 1.29 is 27.4 Å². The maximum atomic E-state index is 14.7. The van der Waals surface area contributed by atoms with Gasteiger partial charge in [-0.1, -0.05) is 39.3 Å². The molecule has 0 amide bonds. The maximum absolute atomic E-state index is 14.7. The van der Waals surface area contributed by atoms with Crippen LogP contribution in [0.2, 0.25) is 0 Å². The Labute approximate surface area is 198 Å². The summed E-state index contributed by atoms with van der Waals surface area (Å²) in [6.07, 6.45) is 3.08. The second-order valence-electron chi connectivity index (χ2n) is 9.12. The number of benzene rings is 1. The molecule has 1 fully saturated rings. The van der Waals surface area contributed by atoms with Crippen molar-refractivity contribution in [3.8, 4) is 11.6 Å². The highest BCUT2D eigenvalue weighted by molar-refractivity contribution is 5.85. The normalized spacial score (nSPS) is 18.0. The Morgan fingerprint density at radius 1 is 1.24 bits per heavy atom. The molecule has 186 valence electrons. The molecule has 1 aliphatic rings. The third-order valence-electron chi connectivity index (χ3n) is 6.06. The molecule has 0 aliphatic carbocycles. The number of carbonyl (C=O) groups is 1. The fourth-order valence-electron chi connectivity index (χ4n) is 3.76. The van der Waals surface area contributed by atoms with Crippen molar-refractivity contribution in [2.45, 2.75) is 64.9 Å². The Morgan fingerprint density at radius 2 is 1.94 bits per heavy atom. The number of nitrogens with zero attached hydrogens (tertiary/aromatic N) is 3. The molecule has 0 saturated carbocycles. The van der Waals surface area contributed by atoms with Crippen LogP contribution in [0.25, 0.3) is 0 Å². The Morgan fingerprint density at radius 3 is 2.59 bits per heavy atom. The van der Waals surface area contributed by atoms with Crippen molar-refractivity contribution in [3.63, 3.8) is 0 Å². The molecule has 1 aromatic heterocycles. The molecule has 3 rings (SSSR count).